The number of anilines is 2. The minimum atomic E-state index is -1.01. The number of nitrogens with zero attached hydrogens (tertiary/aromatic N) is 1. The van der Waals surface area contributed by atoms with Gasteiger partial charge in [0, 0.05) is 5.69 Å². The second-order valence-corrected chi connectivity index (χ2v) is 4.65. The molecule has 0 atom stereocenters. The number of aromatic nitrogens is 1. The van der Waals surface area contributed by atoms with E-state index in [9.17, 15) is 9.59 Å². The third-order valence-corrected chi connectivity index (χ3v) is 3.27. The molecule has 1 heterocycles. The largest absolute Gasteiger partial charge is 0.478 e. The first-order valence-electron chi connectivity index (χ1n) is 5.35. The highest BCUT2D eigenvalue weighted by atomic mass is 32.1. The molecule has 1 aromatic carbocycles. The van der Waals surface area contributed by atoms with Gasteiger partial charge in [0.2, 0.25) is 0 Å². The molecular weight excluding hydrogens is 266 g/mol. The van der Waals surface area contributed by atoms with Crippen LogP contribution in [0.2, 0.25) is 0 Å². The molecule has 98 valence electrons. The maximum atomic E-state index is 12.0. The monoisotopic (exact) mass is 277 g/mol. The Bertz CT molecular complexity index is 615. The van der Waals surface area contributed by atoms with E-state index >= 15 is 0 Å². The number of aryl methyl sites for hydroxylation is 1. The van der Waals surface area contributed by atoms with Gasteiger partial charge in [-0.15, -0.1) is 0 Å². The summed E-state index contributed by atoms with van der Waals surface area (Å²) in [6, 6.07) is 5.87. The fraction of sp³-hybridized carbons (Fsp3) is 0.0833. The van der Waals surface area contributed by atoms with Gasteiger partial charge in [-0.3, -0.25) is 4.79 Å². The Morgan fingerprint density at radius 1 is 1.32 bits per heavy atom. The maximum absolute atomic E-state index is 12.0. The number of carbonyl (C=O) groups excluding carboxylic acids is 1. The highest BCUT2D eigenvalue weighted by Gasteiger charge is 2.16. The van der Waals surface area contributed by atoms with Crippen molar-refractivity contribution in [3.8, 4) is 0 Å². The normalized spacial score (nSPS) is 10.2. The molecule has 0 saturated carbocycles. The van der Waals surface area contributed by atoms with E-state index in [0.717, 1.165) is 11.5 Å². The molecular formula is C12H11N3O3S. The Balaban J connectivity index is 2.17. The summed E-state index contributed by atoms with van der Waals surface area (Å²) in [6.45, 7) is 1.70. The Morgan fingerprint density at radius 2 is 1.95 bits per heavy atom. The van der Waals surface area contributed by atoms with Crippen molar-refractivity contribution in [2.75, 3.05) is 11.1 Å². The number of nitrogens with one attached hydrogen (secondary N) is 1. The molecule has 0 bridgehead atoms. The van der Waals surface area contributed by atoms with E-state index in [2.05, 4.69) is 9.69 Å². The number of carboxylic acid groups (broad SMARTS) is 1. The van der Waals surface area contributed by atoms with Crippen molar-refractivity contribution in [3.05, 3.63) is 41.1 Å². The number of carboxylic acids is 1. The molecule has 0 unspecified atom stereocenters. The van der Waals surface area contributed by atoms with E-state index in [1.165, 1.54) is 24.3 Å². The van der Waals surface area contributed by atoms with Gasteiger partial charge in [0.05, 0.1) is 16.8 Å². The first kappa shape index (κ1) is 13.0. The average Bonchev–Trinajstić information content (AvgIpc) is 2.69. The van der Waals surface area contributed by atoms with Crippen LogP contribution < -0.4 is 11.1 Å². The zero-order valence-corrected chi connectivity index (χ0v) is 10.8. The summed E-state index contributed by atoms with van der Waals surface area (Å²) < 4.78 is 3.99. The van der Waals surface area contributed by atoms with Crippen LogP contribution in [0.15, 0.2) is 24.3 Å². The molecule has 0 spiro atoms. The van der Waals surface area contributed by atoms with Gasteiger partial charge in [-0.1, -0.05) is 0 Å². The second kappa shape index (κ2) is 5.07. The lowest BCUT2D eigenvalue weighted by atomic mass is 10.2. The standard InChI is InChI=1S/C12H11N3O3S/c1-6-9(10(13)19-15-6)11(16)14-8-4-2-7(3-5-8)12(17)18/h2-5H,13H2,1H3,(H,14,16)(H,17,18). The summed E-state index contributed by atoms with van der Waals surface area (Å²) in [7, 11) is 0. The first-order chi connectivity index (χ1) is 8.99. The van der Waals surface area contributed by atoms with Crippen LogP contribution in [0, 0.1) is 6.92 Å². The van der Waals surface area contributed by atoms with Gasteiger partial charge >= 0.3 is 5.97 Å². The molecule has 4 N–H and O–H groups in total. The number of hydrogen-bond acceptors (Lipinski definition) is 5. The number of nitrogen functional groups attached to an aromatic ring is 1. The van der Waals surface area contributed by atoms with Crippen LogP contribution in [-0.2, 0) is 0 Å². The summed E-state index contributed by atoms with van der Waals surface area (Å²) in [5, 5.41) is 11.8. The van der Waals surface area contributed by atoms with Gasteiger partial charge in [-0.05, 0) is 42.7 Å². The van der Waals surface area contributed by atoms with Crippen molar-refractivity contribution in [1.29, 1.82) is 0 Å². The van der Waals surface area contributed by atoms with Crippen LogP contribution in [-0.4, -0.2) is 21.4 Å². The minimum absolute atomic E-state index is 0.158. The smallest absolute Gasteiger partial charge is 0.335 e. The van der Waals surface area contributed by atoms with E-state index in [-0.39, 0.29) is 11.5 Å². The summed E-state index contributed by atoms with van der Waals surface area (Å²) in [6.07, 6.45) is 0. The Kier molecular flexibility index (Phi) is 3.48. The number of aromatic carboxylic acids is 1. The molecule has 1 aromatic heterocycles. The van der Waals surface area contributed by atoms with Crippen molar-refractivity contribution in [2.45, 2.75) is 6.92 Å². The van der Waals surface area contributed by atoms with E-state index < -0.39 is 5.97 Å². The predicted octanol–water partition coefficient (Wildman–Crippen LogP) is 1.98. The molecule has 0 aliphatic carbocycles. The molecule has 0 saturated heterocycles. The maximum Gasteiger partial charge on any atom is 0.335 e. The van der Waals surface area contributed by atoms with Gasteiger partial charge in [0.1, 0.15) is 5.00 Å². The predicted molar refractivity (Wildman–Crippen MR) is 72.6 cm³/mol. The lowest BCUT2D eigenvalue weighted by Crippen LogP contribution is -2.14. The van der Waals surface area contributed by atoms with Crippen LogP contribution in [0.5, 0.6) is 0 Å². The summed E-state index contributed by atoms with van der Waals surface area (Å²) in [4.78, 5) is 22.7. The molecule has 0 radical (unpaired) electrons. The van der Waals surface area contributed by atoms with Gasteiger partial charge in [-0.2, -0.15) is 4.37 Å². The number of benzene rings is 1. The van der Waals surface area contributed by atoms with Crippen molar-refractivity contribution in [2.24, 2.45) is 0 Å². The zero-order valence-electron chi connectivity index (χ0n) is 10.0. The number of nitrogens with two attached hydrogens (primary N) is 1. The first-order valence-corrected chi connectivity index (χ1v) is 6.13. The van der Waals surface area contributed by atoms with Crippen LogP contribution >= 0.6 is 11.5 Å². The van der Waals surface area contributed by atoms with Crippen LogP contribution in [0.25, 0.3) is 0 Å². The fourth-order valence-corrected chi connectivity index (χ4v) is 2.21. The number of amides is 1. The van der Waals surface area contributed by atoms with Gasteiger partial charge in [-0.25, -0.2) is 4.79 Å². The van der Waals surface area contributed by atoms with Crippen molar-refractivity contribution in [3.63, 3.8) is 0 Å². The van der Waals surface area contributed by atoms with Gasteiger partial charge in [0.15, 0.2) is 0 Å². The molecule has 0 aliphatic rings. The quantitative estimate of drug-likeness (QED) is 0.795. The number of rotatable bonds is 3. The molecule has 19 heavy (non-hydrogen) atoms. The Hall–Kier alpha value is -2.41. The molecule has 0 fully saturated rings. The molecule has 0 aliphatic heterocycles. The zero-order chi connectivity index (χ0) is 14.0. The Labute approximate surface area is 113 Å². The third kappa shape index (κ3) is 2.71. The molecule has 1 amide bonds. The lowest BCUT2D eigenvalue weighted by Gasteiger charge is -2.05. The van der Waals surface area contributed by atoms with Crippen LogP contribution in [0.4, 0.5) is 10.7 Å². The lowest BCUT2D eigenvalue weighted by molar-refractivity contribution is 0.0696. The molecule has 2 rings (SSSR count). The van der Waals surface area contributed by atoms with E-state index in [0.29, 0.717) is 21.9 Å². The van der Waals surface area contributed by atoms with E-state index in [1.807, 2.05) is 0 Å². The summed E-state index contributed by atoms with van der Waals surface area (Å²) >= 11 is 1.07. The van der Waals surface area contributed by atoms with Crippen LogP contribution in [0.1, 0.15) is 26.4 Å². The second-order valence-electron chi connectivity index (χ2n) is 3.84. The third-order valence-electron chi connectivity index (χ3n) is 2.51. The van der Waals surface area contributed by atoms with Crippen molar-refractivity contribution >= 4 is 34.1 Å². The minimum Gasteiger partial charge on any atom is -0.478 e. The van der Waals surface area contributed by atoms with E-state index in [1.54, 1.807) is 6.92 Å². The molecule has 6 nitrogen and oxygen atoms in total. The van der Waals surface area contributed by atoms with E-state index in [4.69, 9.17) is 10.8 Å². The van der Waals surface area contributed by atoms with Crippen molar-refractivity contribution < 1.29 is 14.7 Å². The summed E-state index contributed by atoms with van der Waals surface area (Å²) in [5.74, 6) is -1.37. The molecule has 2 aromatic rings. The highest BCUT2D eigenvalue weighted by Crippen LogP contribution is 2.22. The van der Waals surface area contributed by atoms with Crippen LogP contribution in [0.3, 0.4) is 0 Å². The molecule has 7 heteroatoms. The Morgan fingerprint density at radius 3 is 2.42 bits per heavy atom. The topological polar surface area (TPSA) is 105 Å². The average molecular weight is 277 g/mol. The number of carbonyl (C=O) groups is 2. The van der Waals surface area contributed by atoms with Gasteiger partial charge < -0.3 is 16.2 Å². The van der Waals surface area contributed by atoms with Crippen molar-refractivity contribution in [1.82, 2.24) is 4.37 Å². The SMILES string of the molecule is Cc1nsc(N)c1C(=O)Nc1ccc(C(=O)O)cc1. The number of hydrogen-bond donors (Lipinski definition) is 3. The highest BCUT2D eigenvalue weighted by molar-refractivity contribution is 7.10. The van der Waals surface area contributed by atoms with Gasteiger partial charge in [0.25, 0.3) is 5.91 Å². The fourth-order valence-electron chi connectivity index (χ4n) is 1.55. The summed E-state index contributed by atoms with van der Waals surface area (Å²) in [5.41, 5.74) is 7.26.